The smallest absolute Gasteiger partial charge is 0.258 e. The van der Waals surface area contributed by atoms with Gasteiger partial charge in [-0.2, -0.15) is 0 Å². The third-order valence-corrected chi connectivity index (χ3v) is 3.45. The molecule has 0 saturated carbocycles. The van der Waals surface area contributed by atoms with Gasteiger partial charge in [-0.15, -0.1) is 0 Å². The van der Waals surface area contributed by atoms with E-state index < -0.39 is 0 Å². The van der Waals surface area contributed by atoms with E-state index in [0.29, 0.717) is 22.7 Å². The third-order valence-electron chi connectivity index (χ3n) is 2.92. The first-order valence-electron chi connectivity index (χ1n) is 6.13. The lowest BCUT2D eigenvalue weighted by molar-refractivity contribution is 0.102. The van der Waals surface area contributed by atoms with Gasteiger partial charge in [0.15, 0.2) is 0 Å². The van der Waals surface area contributed by atoms with Crippen molar-refractivity contribution in [3.63, 3.8) is 0 Å². The number of carbonyl (C=O) groups is 1. The third kappa shape index (κ3) is 3.46. The Bertz CT molecular complexity index is 657. The molecule has 0 radical (unpaired) electrons. The maximum atomic E-state index is 12.3. The zero-order chi connectivity index (χ0) is 15.4. The summed E-state index contributed by atoms with van der Waals surface area (Å²) in [7, 11) is 3.00. The van der Waals surface area contributed by atoms with E-state index in [1.807, 2.05) is 12.1 Å². The van der Waals surface area contributed by atoms with Crippen molar-refractivity contribution in [2.24, 2.45) is 0 Å². The summed E-state index contributed by atoms with van der Waals surface area (Å²) in [4.78, 5) is 12.3. The highest BCUT2D eigenvalue weighted by atomic mass is 79.9. The molecule has 6 heteroatoms. The molecule has 0 spiro atoms. The van der Waals surface area contributed by atoms with Crippen LogP contribution in [0.2, 0.25) is 0 Å². The number of anilines is 2. The minimum Gasteiger partial charge on any atom is -0.497 e. The summed E-state index contributed by atoms with van der Waals surface area (Å²) < 4.78 is 11.2. The van der Waals surface area contributed by atoms with E-state index in [1.165, 1.54) is 14.2 Å². The minimum absolute atomic E-state index is 0.271. The second-order valence-corrected chi connectivity index (χ2v) is 5.17. The van der Waals surface area contributed by atoms with E-state index >= 15 is 0 Å². The molecule has 2 aromatic carbocycles. The van der Waals surface area contributed by atoms with Crippen LogP contribution in [0.4, 0.5) is 11.4 Å². The molecule has 1 amide bonds. The molecule has 0 aliphatic carbocycles. The van der Waals surface area contributed by atoms with E-state index in [1.54, 1.807) is 24.3 Å². The van der Waals surface area contributed by atoms with Gasteiger partial charge in [-0.3, -0.25) is 4.79 Å². The molecule has 21 heavy (non-hydrogen) atoms. The maximum Gasteiger partial charge on any atom is 0.258 e. The first-order valence-corrected chi connectivity index (χ1v) is 6.93. The van der Waals surface area contributed by atoms with Crippen LogP contribution in [-0.4, -0.2) is 20.1 Å². The van der Waals surface area contributed by atoms with E-state index in [0.717, 1.165) is 4.47 Å². The van der Waals surface area contributed by atoms with Gasteiger partial charge in [0.25, 0.3) is 5.91 Å². The highest BCUT2D eigenvalue weighted by Gasteiger charge is 2.16. The van der Waals surface area contributed by atoms with Crippen LogP contribution in [0.3, 0.4) is 0 Å². The van der Waals surface area contributed by atoms with Crippen LogP contribution in [0.1, 0.15) is 10.4 Å². The minimum atomic E-state index is -0.327. The Kier molecular flexibility index (Phi) is 4.70. The van der Waals surface area contributed by atoms with Gasteiger partial charge in [-0.1, -0.05) is 15.9 Å². The van der Waals surface area contributed by atoms with Crippen molar-refractivity contribution in [3.8, 4) is 11.5 Å². The van der Waals surface area contributed by atoms with E-state index in [4.69, 9.17) is 15.2 Å². The number of hydrogen-bond acceptors (Lipinski definition) is 4. The van der Waals surface area contributed by atoms with Gasteiger partial charge in [0.05, 0.1) is 25.5 Å². The molecule has 0 aliphatic heterocycles. The van der Waals surface area contributed by atoms with Crippen molar-refractivity contribution in [2.75, 3.05) is 25.3 Å². The summed E-state index contributed by atoms with van der Waals surface area (Å²) in [5.74, 6) is 0.573. The molecule has 0 bridgehead atoms. The lowest BCUT2D eigenvalue weighted by Crippen LogP contribution is -2.14. The Balaban J connectivity index is 2.32. The number of nitrogens with two attached hydrogens (primary N) is 1. The quantitative estimate of drug-likeness (QED) is 0.829. The summed E-state index contributed by atoms with van der Waals surface area (Å²) in [5.41, 5.74) is 7.19. The van der Waals surface area contributed by atoms with E-state index in [9.17, 15) is 4.79 Å². The topological polar surface area (TPSA) is 73.6 Å². The van der Waals surface area contributed by atoms with Crippen LogP contribution in [0, 0.1) is 0 Å². The summed E-state index contributed by atoms with van der Waals surface area (Å²) in [5, 5.41) is 2.78. The fraction of sp³-hybridized carbons (Fsp3) is 0.133. The summed E-state index contributed by atoms with van der Waals surface area (Å²) in [6.45, 7) is 0. The highest BCUT2D eigenvalue weighted by molar-refractivity contribution is 9.10. The molecular weight excluding hydrogens is 336 g/mol. The predicted octanol–water partition coefficient (Wildman–Crippen LogP) is 3.30. The molecule has 2 aromatic rings. The second-order valence-electron chi connectivity index (χ2n) is 4.25. The number of carbonyl (C=O) groups excluding carboxylic acids is 1. The number of rotatable bonds is 4. The molecule has 0 unspecified atom stereocenters. The molecule has 3 N–H and O–H groups in total. The van der Waals surface area contributed by atoms with Crippen LogP contribution >= 0.6 is 15.9 Å². The van der Waals surface area contributed by atoms with Gasteiger partial charge < -0.3 is 20.5 Å². The first kappa shape index (κ1) is 15.2. The standard InChI is InChI=1S/C15H15BrN2O3/c1-20-11-7-12(14(17)13(8-11)21-2)15(19)18-10-5-3-9(16)4-6-10/h3-8H,17H2,1-2H3,(H,18,19). The fourth-order valence-corrected chi connectivity index (χ4v) is 2.07. The lowest BCUT2D eigenvalue weighted by Gasteiger charge is -2.13. The molecule has 110 valence electrons. The maximum absolute atomic E-state index is 12.3. The number of nitrogen functional groups attached to an aromatic ring is 1. The summed E-state index contributed by atoms with van der Waals surface area (Å²) in [6.07, 6.45) is 0. The number of methoxy groups -OCH3 is 2. The molecule has 2 rings (SSSR count). The van der Waals surface area contributed by atoms with Crippen molar-refractivity contribution in [1.29, 1.82) is 0 Å². The van der Waals surface area contributed by atoms with Crippen molar-refractivity contribution < 1.29 is 14.3 Å². The van der Waals surface area contributed by atoms with E-state index in [-0.39, 0.29) is 11.6 Å². The number of amides is 1. The SMILES string of the molecule is COc1cc(OC)c(N)c(C(=O)Nc2ccc(Br)cc2)c1. The Hall–Kier alpha value is -2.21. The molecular formula is C15H15BrN2O3. The molecule has 0 heterocycles. The summed E-state index contributed by atoms with van der Waals surface area (Å²) in [6, 6.07) is 10.5. The largest absolute Gasteiger partial charge is 0.497 e. The highest BCUT2D eigenvalue weighted by Crippen LogP contribution is 2.31. The number of nitrogens with one attached hydrogen (secondary N) is 1. The number of ether oxygens (including phenoxy) is 2. The van der Waals surface area contributed by atoms with Gasteiger partial charge in [0.1, 0.15) is 11.5 Å². The van der Waals surface area contributed by atoms with Crippen LogP contribution in [0.15, 0.2) is 40.9 Å². The average Bonchev–Trinajstić information content (AvgIpc) is 2.49. The van der Waals surface area contributed by atoms with Crippen LogP contribution in [-0.2, 0) is 0 Å². The first-order chi connectivity index (χ1) is 10.0. The molecule has 5 nitrogen and oxygen atoms in total. The monoisotopic (exact) mass is 350 g/mol. The van der Waals surface area contributed by atoms with Crippen LogP contribution in [0.5, 0.6) is 11.5 Å². The van der Waals surface area contributed by atoms with Crippen molar-refractivity contribution in [1.82, 2.24) is 0 Å². The lowest BCUT2D eigenvalue weighted by atomic mass is 10.1. The fourth-order valence-electron chi connectivity index (χ4n) is 1.81. The zero-order valence-electron chi connectivity index (χ0n) is 11.6. The molecule has 0 atom stereocenters. The van der Waals surface area contributed by atoms with E-state index in [2.05, 4.69) is 21.2 Å². The Morgan fingerprint density at radius 2 is 1.81 bits per heavy atom. The number of benzene rings is 2. The molecule has 0 aromatic heterocycles. The van der Waals surface area contributed by atoms with Crippen molar-refractivity contribution in [2.45, 2.75) is 0 Å². The average molecular weight is 351 g/mol. The predicted molar refractivity (Wildman–Crippen MR) is 86.1 cm³/mol. The van der Waals surface area contributed by atoms with Crippen LogP contribution < -0.4 is 20.5 Å². The second kappa shape index (κ2) is 6.49. The van der Waals surface area contributed by atoms with Gasteiger partial charge in [0.2, 0.25) is 0 Å². The van der Waals surface area contributed by atoms with Crippen LogP contribution in [0.25, 0.3) is 0 Å². The normalized spacial score (nSPS) is 10.0. The molecule has 0 fully saturated rings. The van der Waals surface area contributed by atoms with Gasteiger partial charge in [-0.05, 0) is 30.3 Å². The number of halogens is 1. The Morgan fingerprint density at radius 3 is 2.38 bits per heavy atom. The van der Waals surface area contributed by atoms with Crippen molar-refractivity contribution >= 4 is 33.2 Å². The zero-order valence-corrected chi connectivity index (χ0v) is 13.2. The molecule has 0 saturated heterocycles. The Labute approximate surface area is 131 Å². The Morgan fingerprint density at radius 1 is 1.14 bits per heavy atom. The van der Waals surface area contributed by atoms with Gasteiger partial charge in [0, 0.05) is 16.2 Å². The number of hydrogen-bond donors (Lipinski definition) is 2. The van der Waals surface area contributed by atoms with Gasteiger partial charge in [-0.25, -0.2) is 0 Å². The molecule has 0 aliphatic rings. The van der Waals surface area contributed by atoms with Crippen molar-refractivity contribution in [3.05, 3.63) is 46.4 Å². The van der Waals surface area contributed by atoms with Gasteiger partial charge >= 0.3 is 0 Å². The summed E-state index contributed by atoms with van der Waals surface area (Å²) >= 11 is 3.34.